The van der Waals surface area contributed by atoms with Gasteiger partial charge < -0.3 is 10.1 Å². The standard InChI is InChI=1S/C17H28N2O/c1-5-9-18-12-13-10-15(17(2,3)4)19-16(11-13)20-14-7-6-8-14/h10-11,14,18H,5-9,12H2,1-4H3. The molecule has 0 unspecified atom stereocenters. The molecule has 0 bridgehead atoms. The molecule has 1 aliphatic carbocycles. The van der Waals surface area contributed by atoms with Crippen LogP contribution in [-0.4, -0.2) is 17.6 Å². The third-order valence-corrected chi connectivity index (χ3v) is 3.73. The van der Waals surface area contributed by atoms with Crippen molar-refractivity contribution in [3.05, 3.63) is 23.4 Å². The average molecular weight is 276 g/mol. The van der Waals surface area contributed by atoms with Crippen LogP contribution in [0.4, 0.5) is 0 Å². The van der Waals surface area contributed by atoms with Crippen molar-refractivity contribution in [1.82, 2.24) is 10.3 Å². The molecule has 1 aliphatic rings. The fraction of sp³-hybridized carbons (Fsp3) is 0.706. The van der Waals surface area contributed by atoms with E-state index in [4.69, 9.17) is 9.72 Å². The first-order valence-corrected chi connectivity index (χ1v) is 7.88. The first kappa shape index (κ1) is 15.3. The van der Waals surface area contributed by atoms with Gasteiger partial charge in [0.1, 0.15) is 6.10 Å². The molecular formula is C17H28N2O. The largest absolute Gasteiger partial charge is 0.474 e. The highest BCUT2D eigenvalue weighted by Crippen LogP contribution is 2.28. The van der Waals surface area contributed by atoms with Gasteiger partial charge in [0.15, 0.2) is 0 Å². The molecule has 1 saturated carbocycles. The van der Waals surface area contributed by atoms with Gasteiger partial charge in [-0.2, -0.15) is 0 Å². The van der Waals surface area contributed by atoms with E-state index in [0.29, 0.717) is 6.10 Å². The maximum absolute atomic E-state index is 5.99. The van der Waals surface area contributed by atoms with Gasteiger partial charge in [0.25, 0.3) is 0 Å². The van der Waals surface area contributed by atoms with Crippen LogP contribution in [0, 0.1) is 0 Å². The van der Waals surface area contributed by atoms with Gasteiger partial charge in [0.2, 0.25) is 5.88 Å². The van der Waals surface area contributed by atoms with Gasteiger partial charge in [0, 0.05) is 18.0 Å². The van der Waals surface area contributed by atoms with Crippen molar-refractivity contribution < 1.29 is 4.74 Å². The Morgan fingerprint density at radius 2 is 2.05 bits per heavy atom. The van der Waals surface area contributed by atoms with Gasteiger partial charge in [-0.25, -0.2) is 4.98 Å². The highest BCUT2D eigenvalue weighted by molar-refractivity contribution is 5.28. The van der Waals surface area contributed by atoms with E-state index in [1.54, 1.807) is 0 Å². The Morgan fingerprint density at radius 3 is 2.60 bits per heavy atom. The van der Waals surface area contributed by atoms with Crippen LogP contribution in [0.2, 0.25) is 0 Å². The molecule has 1 heterocycles. The monoisotopic (exact) mass is 276 g/mol. The summed E-state index contributed by atoms with van der Waals surface area (Å²) in [5.41, 5.74) is 2.44. The lowest BCUT2D eigenvalue weighted by Gasteiger charge is -2.27. The highest BCUT2D eigenvalue weighted by Gasteiger charge is 2.22. The minimum atomic E-state index is 0.0541. The number of hydrogen-bond acceptors (Lipinski definition) is 3. The second-order valence-corrected chi connectivity index (χ2v) is 6.80. The molecule has 1 aromatic rings. The van der Waals surface area contributed by atoms with E-state index in [0.717, 1.165) is 31.1 Å². The maximum atomic E-state index is 5.99. The van der Waals surface area contributed by atoms with Crippen molar-refractivity contribution in [2.24, 2.45) is 0 Å². The van der Waals surface area contributed by atoms with Crippen LogP contribution in [-0.2, 0) is 12.0 Å². The molecule has 0 saturated heterocycles. The van der Waals surface area contributed by atoms with Crippen molar-refractivity contribution in [1.29, 1.82) is 0 Å². The van der Waals surface area contributed by atoms with Crippen LogP contribution in [0.3, 0.4) is 0 Å². The van der Waals surface area contributed by atoms with Gasteiger partial charge in [-0.15, -0.1) is 0 Å². The molecule has 2 rings (SSSR count). The molecule has 0 spiro atoms. The van der Waals surface area contributed by atoms with Gasteiger partial charge in [-0.05, 0) is 43.9 Å². The summed E-state index contributed by atoms with van der Waals surface area (Å²) in [6.07, 6.45) is 5.17. The Balaban J connectivity index is 2.14. The van der Waals surface area contributed by atoms with Gasteiger partial charge in [0.05, 0.1) is 5.69 Å². The minimum absolute atomic E-state index is 0.0541. The fourth-order valence-electron chi connectivity index (χ4n) is 2.17. The van der Waals surface area contributed by atoms with E-state index < -0.39 is 0 Å². The van der Waals surface area contributed by atoms with Crippen molar-refractivity contribution in [2.75, 3.05) is 6.54 Å². The lowest BCUT2D eigenvalue weighted by atomic mass is 9.90. The number of ether oxygens (including phenoxy) is 1. The van der Waals surface area contributed by atoms with Crippen molar-refractivity contribution in [2.45, 2.75) is 71.4 Å². The second kappa shape index (κ2) is 6.57. The molecule has 0 aliphatic heterocycles. The summed E-state index contributed by atoms with van der Waals surface area (Å²) < 4.78 is 5.99. The molecule has 1 aromatic heterocycles. The zero-order valence-electron chi connectivity index (χ0n) is 13.3. The number of nitrogens with zero attached hydrogens (tertiary/aromatic N) is 1. The summed E-state index contributed by atoms with van der Waals surface area (Å²) in [5.74, 6) is 0.801. The highest BCUT2D eigenvalue weighted by atomic mass is 16.5. The Bertz CT molecular complexity index is 433. The van der Waals surface area contributed by atoms with Crippen LogP contribution < -0.4 is 10.1 Å². The van der Waals surface area contributed by atoms with E-state index in [9.17, 15) is 0 Å². The molecule has 0 aromatic carbocycles. The second-order valence-electron chi connectivity index (χ2n) is 6.80. The lowest BCUT2D eigenvalue weighted by molar-refractivity contribution is 0.114. The molecule has 3 nitrogen and oxygen atoms in total. The smallest absolute Gasteiger partial charge is 0.214 e. The predicted molar refractivity (Wildman–Crippen MR) is 83.2 cm³/mol. The summed E-state index contributed by atoms with van der Waals surface area (Å²) in [6.45, 7) is 10.7. The van der Waals surface area contributed by atoms with E-state index in [2.05, 4.69) is 45.1 Å². The van der Waals surface area contributed by atoms with Crippen molar-refractivity contribution in [3.8, 4) is 5.88 Å². The zero-order chi connectivity index (χ0) is 14.6. The number of aromatic nitrogens is 1. The number of hydrogen-bond donors (Lipinski definition) is 1. The maximum Gasteiger partial charge on any atom is 0.214 e. The lowest BCUT2D eigenvalue weighted by Crippen LogP contribution is -2.26. The summed E-state index contributed by atoms with van der Waals surface area (Å²) in [6, 6.07) is 4.30. The molecule has 20 heavy (non-hydrogen) atoms. The van der Waals surface area contributed by atoms with E-state index in [-0.39, 0.29) is 5.41 Å². The molecule has 1 fully saturated rings. The minimum Gasteiger partial charge on any atom is -0.474 e. The Kier molecular flexibility index (Phi) is 5.03. The van der Waals surface area contributed by atoms with Crippen LogP contribution >= 0.6 is 0 Å². The molecular weight excluding hydrogens is 248 g/mol. The van der Waals surface area contributed by atoms with Crippen LogP contribution in [0.5, 0.6) is 5.88 Å². The molecule has 0 radical (unpaired) electrons. The normalized spacial score (nSPS) is 16.0. The third kappa shape index (κ3) is 4.20. The summed E-state index contributed by atoms with van der Waals surface area (Å²) in [4.78, 5) is 4.70. The quantitative estimate of drug-likeness (QED) is 0.802. The SMILES string of the molecule is CCCNCc1cc(OC2CCC2)nc(C(C)(C)C)c1. The average Bonchev–Trinajstić information content (AvgIpc) is 2.33. The molecule has 112 valence electrons. The number of rotatable bonds is 6. The predicted octanol–water partition coefficient (Wildman–Crippen LogP) is 3.81. The van der Waals surface area contributed by atoms with Crippen LogP contribution in [0.15, 0.2) is 12.1 Å². The van der Waals surface area contributed by atoms with E-state index >= 15 is 0 Å². The molecule has 1 N–H and O–H groups in total. The molecule has 0 atom stereocenters. The third-order valence-electron chi connectivity index (χ3n) is 3.73. The summed E-state index contributed by atoms with van der Waals surface area (Å²) >= 11 is 0. The Hall–Kier alpha value is -1.09. The van der Waals surface area contributed by atoms with Crippen molar-refractivity contribution >= 4 is 0 Å². The zero-order valence-corrected chi connectivity index (χ0v) is 13.3. The topological polar surface area (TPSA) is 34.1 Å². The van der Waals surface area contributed by atoms with Crippen LogP contribution in [0.25, 0.3) is 0 Å². The molecule has 0 amide bonds. The van der Waals surface area contributed by atoms with Gasteiger partial charge in [-0.1, -0.05) is 27.7 Å². The van der Waals surface area contributed by atoms with Crippen LogP contribution in [0.1, 0.15) is 64.6 Å². The fourth-order valence-corrected chi connectivity index (χ4v) is 2.17. The van der Waals surface area contributed by atoms with Crippen molar-refractivity contribution in [3.63, 3.8) is 0 Å². The Morgan fingerprint density at radius 1 is 1.30 bits per heavy atom. The first-order chi connectivity index (χ1) is 9.49. The van der Waals surface area contributed by atoms with E-state index in [1.165, 1.54) is 24.8 Å². The Labute approximate surface area is 123 Å². The number of pyridine rings is 1. The van der Waals surface area contributed by atoms with E-state index in [1.807, 2.05) is 0 Å². The summed E-state index contributed by atoms with van der Waals surface area (Å²) in [5, 5.41) is 3.46. The summed E-state index contributed by atoms with van der Waals surface area (Å²) in [7, 11) is 0. The first-order valence-electron chi connectivity index (χ1n) is 7.88. The van der Waals surface area contributed by atoms with Gasteiger partial charge >= 0.3 is 0 Å². The molecule has 3 heteroatoms. The number of nitrogens with one attached hydrogen (secondary N) is 1. The van der Waals surface area contributed by atoms with Gasteiger partial charge in [-0.3, -0.25) is 0 Å².